The van der Waals surface area contributed by atoms with E-state index < -0.39 is 0 Å². The second-order valence-electron chi connectivity index (χ2n) is 8.08. The maximum Gasteiger partial charge on any atom is 0.0108 e. The fraction of sp³-hybridized carbons (Fsp3) is 1.00. The lowest BCUT2D eigenvalue weighted by molar-refractivity contribution is 0.115. The summed E-state index contributed by atoms with van der Waals surface area (Å²) in [5, 5.41) is 3.88. The van der Waals surface area contributed by atoms with Crippen LogP contribution in [-0.4, -0.2) is 36.6 Å². The highest BCUT2D eigenvalue weighted by Crippen LogP contribution is 2.40. The lowest BCUT2D eigenvalue weighted by atomic mass is 9.76. The zero-order valence-electron chi connectivity index (χ0n) is 14.3. The summed E-state index contributed by atoms with van der Waals surface area (Å²) < 4.78 is 0. The highest BCUT2D eigenvalue weighted by Gasteiger charge is 2.40. The van der Waals surface area contributed by atoms with E-state index in [1.54, 1.807) is 0 Å². The minimum atomic E-state index is 0.803. The van der Waals surface area contributed by atoms with Crippen molar-refractivity contribution in [1.82, 2.24) is 10.2 Å². The number of rotatable bonds is 7. The maximum atomic E-state index is 3.88. The number of likely N-dealkylation sites (tertiary alicyclic amines) is 1. The Morgan fingerprint density at radius 2 is 1.90 bits per heavy atom. The molecule has 5 atom stereocenters. The molecule has 2 nitrogen and oxygen atoms in total. The average Bonchev–Trinajstić information content (AvgIpc) is 3.09. The average molecular weight is 293 g/mol. The van der Waals surface area contributed by atoms with Gasteiger partial charge in [0.05, 0.1) is 0 Å². The van der Waals surface area contributed by atoms with Gasteiger partial charge in [0.2, 0.25) is 0 Å². The summed E-state index contributed by atoms with van der Waals surface area (Å²) in [6.07, 6.45) is 13.0. The van der Waals surface area contributed by atoms with Crippen LogP contribution in [0.15, 0.2) is 0 Å². The van der Waals surface area contributed by atoms with E-state index in [-0.39, 0.29) is 0 Å². The van der Waals surface area contributed by atoms with Gasteiger partial charge in [0.25, 0.3) is 0 Å². The van der Waals surface area contributed by atoms with Gasteiger partial charge in [-0.15, -0.1) is 0 Å². The Bertz CT molecular complexity index is 317. The van der Waals surface area contributed by atoms with Gasteiger partial charge in [-0.2, -0.15) is 0 Å². The van der Waals surface area contributed by atoms with Crippen LogP contribution in [0.1, 0.15) is 71.6 Å². The molecule has 5 unspecified atom stereocenters. The van der Waals surface area contributed by atoms with Crippen molar-refractivity contribution in [1.29, 1.82) is 0 Å². The molecule has 1 heterocycles. The summed E-state index contributed by atoms with van der Waals surface area (Å²) in [5.74, 6) is 2.98. The molecule has 2 bridgehead atoms. The van der Waals surface area contributed by atoms with Gasteiger partial charge in [-0.25, -0.2) is 0 Å². The molecule has 122 valence electrons. The SMILES string of the molecule is CCCNC1CCC(CCC)CC1CN1CC2CCC1C2. The highest BCUT2D eigenvalue weighted by atomic mass is 15.2. The van der Waals surface area contributed by atoms with Gasteiger partial charge in [0.15, 0.2) is 0 Å². The highest BCUT2D eigenvalue weighted by molar-refractivity contribution is 4.95. The van der Waals surface area contributed by atoms with E-state index in [0.717, 1.165) is 29.8 Å². The molecular formula is C19H36N2. The van der Waals surface area contributed by atoms with Gasteiger partial charge in [-0.3, -0.25) is 4.90 Å². The van der Waals surface area contributed by atoms with Crippen molar-refractivity contribution in [3.8, 4) is 0 Å². The van der Waals surface area contributed by atoms with Crippen LogP contribution in [0.3, 0.4) is 0 Å². The van der Waals surface area contributed by atoms with Crippen LogP contribution < -0.4 is 5.32 Å². The van der Waals surface area contributed by atoms with Crippen molar-refractivity contribution in [3.63, 3.8) is 0 Å². The Morgan fingerprint density at radius 3 is 2.57 bits per heavy atom. The molecule has 0 aromatic carbocycles. The van der Waals surface area contributed by atoms with E-state index in [4.69, 9.17) is 0 Å². The Hall–Kier alpha value is -0.0800. The van der Waals surface area contributed by atoms with Gasteiger partial charge in [0, 0.05) is 25.2 Å². The Morgan fingerprint density at radius 1 is 1.00 bits per heavy atom. The number of hydrogen-bond donors (Lipinski definition) is 1. The molecule has 0 spiro atoms. The predicted octanol–water partition coefficient (Wildman–Crippen LogP) is 4.06. The normalized spacial score (nSPS) is 40.0. The quantitative estimate of drug-likeness (QED) is 0.761. The molecule has 3 fully saturated rings. The molecule has 2 aliphatic carbocycles. The summed E-state index contributed by atoms with van der Waals surface area (Å²) in [5.41, 5.74) is 0. The molecule has 0 aromatic heterocycles. The molecule has 1 saturated heterocycles. The topological polar surface area (TPSA) is 15.3 Å². The van der Waals surface area contributed by atoms with Gasteiger partial charge < -0.3 is 5.32 Å². The van der Waals surface area contributed by atoms with Crippen LogP contribution in [0.2, 0.25) is 0 Å². The third-order valence-electron chi connectivity index (χ3n) is 6.44. The zero-order chi connectivity index (χ0) is 14.7. The lowest BCUT2D eigenvalue weighted by Crippen LogP contribution is -2.47. The van der Waals surface area contributed by atoms with Gasteiger partial charge >= 0.3 is 0 Å². The molecule has 2 heteroatoms. The van der Waals surface area contributed by atoms with Crippen molar-refractivity contribution >= 4 is 0 Å². The largest absolute Gasteiger partial charge is 0.314 e. The molecule has 0 amide bonds. The fourth-order valence-electron chi connectivity index (χ4n) is 5.38. The predicted molar refractivity (Wildman–Crippen MR) is 90.5 cm³/mol. The van der Waals surface area contributed by atoms with Crippen LogP contribution in [-0.2, 0) is 0 Å². The number of fused-ring (bicyclic) bond motifs is 2. The van der Waals surface area contributed by atoms with E-state index >= 15 is 0 Å². The van der Waals surface area contributed by atoms with Crippen molar-refractivity contribution in [2.75, 3.05) is 19.6 Å². The van der Waals surface area contributed by atoms with Crippen LogP contribution >= 0.6 is 0 Å². The van der Waals surface area contributed by atoms with E-state index in [0.29, 0.717) is 0 Å². The molecule has 2 saturated carbocycles. The molecule has 1 N–H and O–H groups in total. The van der Waals surface area contributed by atoms with Crippen molar-refractivity contribution in [2.24, 2.45) is 17.8 Å². The first-order valence-corrected chi connectivity index (χ1v) is 9.77. The third-order valence-corrected chi connectivity index (χ3v) is 6.44. The molecule has 0 aromatic rings. The van der Waals surface area contributed by atoms with E-state index in [9.17, 15) is 0 Å². The van der Waals surface area contributed by atoms with Crippen molar-refractivity contribution < 1.29 is 0 Å². The zero-order valence-corrected chi connectivity index (χ0v) is 14.3. The number of nitrogens with zero attached hydrogens (tertiary/aromatic N) is 1. The first-order valence-electron chi connectivity index (χ1n) is 9.77. The minimum Gasteiger partial charge on any atom is -0.314 e. The van der Waals surface area contributed by atoms with Gasteiger partial charge in [0.1, 0.15) is 0 Å². The number of nitrogens with one attached hydrogen (secondary N) is 1. The van der Waals surface area contributed by atoms with E-state index in [1.165, 1.54) is 77.4 Å². The summed E-state index contributed by atoms with van der Waals surface area (Å²) in [6.45, 7) is 8.68. The minimum absolute atomic E-state index is 0.803. The van der Waals surface area contributed by atoms with Crippen LogP contribution in [0.4, 0.5) is 0 Å². The maximum absolute atomic E-state index is 3.88. The smallest absolute Gasteiger partial charge is 0.0108 e. The van der Waals surface area contributed by atoms with Crippen LogP contribution in [0, 0.1) is 17.8 Å². The summed E-state index contributed by atoms with van der Waals surface area (Å²) >= 11 is 0. The van der Waals surface area contributed by atoms with Gasteiger partial charge in [-0.05, 0) is 69.2 Å². The first-order chi connectivity index (χ1) is 10.3. The number of hydrogen-bond acceptors (Lipinski definition) is 2. The second-order valence-corrected chi connectivity index (χ2v) is 8.08. The third kappa shape index (κ3) is 3.82. The van der Waals surface area contributed by atoms with Crippen molar-refractivity contribution in [3.05, 3.63) is 0 Å². The van der Waals surface area contributed by atoms with E-state index in [2.05, 4.69) is 24.1 Å². The standard InChI is InChI=1S/C19H36N2/c1-3-5-15-7-9-19(20-10-4-2)17(11-15)14-21-13-16-6-8-18(21)12-16/h15-20H,3-14H2,1-2H3. The molecule has 3 aliphatic rings. The number of piperidine rings is 1. The lowest BCUT2D eigenvalue weighted by Gasteiger charge is -2.40. The Kier molecular flexibility index (Phi) is 5.61. The summed E-state index contributed by atoms with van der Waals surface area (Å²) in [7, 11) is 0. The Balaban J connectivity index is 1.56. The molecule has 21 heavy (non-hydrogen) atoms. The van der Waals surface area contributed by atoms with E-state index in [1.807, 2.05) is 0 Å². The van der Waals surface area contributed by atoms with Crippen LogP contribution in [0.25, 0.3) is 0 Å². The van der Waals surface area contributed by atoms with Crippen molar-refractivity contribution in [2.45, 2.75) is 83.7 Å². The molecule has 0 radical (unpaired) electrons. The monoisotopic (exact) mass is 292 g/mol. The molecule has 3 rings (SSSR count). The van der Waals surface area contributed by atoms with Crippen LogP contribution in [0.5, 0.6) is 0 Å². The second kappa shape index (κ2) is 7.46. The molecule has 1 aliphatic heterocycles. The Labute approximate surface area is 132 Å². The fourth-order valence-corrected chi connectivity index (χ4v) is 5.38. The van der Waals surface area contributed by atoms with Gasteiger partial charge in [-0.1, -0.05) is 26.7 Å². The summed E-state index contributed by atoms with van der Waals surface area (Å²) in [6, 6.07) is 1.76. The summed E-state index contributed by atoms with van der Waals surface area (Å²) in [4.78, 5) is 2.87. The molecular weight excluding hydrogens is 256 g/mol. The first kappa shape index (κ1) is 15.8.